The molecule has 1 aromatic heterocycles. The van der Waals surface area contributed by atoms with Crippen LogP contribution in [0.1, 0.15) is 16.1 Å². The molecule has 2 aromatic rings. The lowest BCUT2D eigenvalue weighted by Crippen LogP contribution is -1.95. The molecule has 0 saturated carbocycles. The van der Waals surface area contributed by atoms with Gasteiger partial charge in [-0.3, -0.25) is 0 Å². The maximum atomic E-state index is 10.8. The second kappa shape index (κ2) is 6.70. The Morgan fingerprint density at radius 3 is 2.95 bits per heavy atom. The van der Waals surface area contributed by atoms with Gasteiger partial charge in [0.05, 0.1) is 6.61 Å². The lowest BCUT2D eigenvalue weighted by atomic mass is 10.1. The van der Waals surface area contributed by atoms with Crippen molar-refractivity contribution >= 4 is 29.1 Å². The highest BCUT2D eigenvalue weighted by molar-refractivity contribution is 7.98. The van der Waals surface area contributed by atoms with Crippen molar-refractivity contribution in [3.63, 3.8) is 0 Å². The van der Waals surface area contributed by atoms with Crippen LogP contribution in [0.2, 0.25) is 0 Å². The molecule has 0 aliphatic heterocycles. The van der Waals surface area contributed by atoms with Crippen LogP contribution in [0.3, 0.4) is 0 Å². The molecule has 0 amide bonds. The summed E-state index contributed by atoms with van der Waals surface area (Å²) >= 11 is 2.99. The summed E-state index contributed by atoms with van der Waals surface area (Å²) in [7, 11) is 0. The molecular weight excluding hydrogens is 282 g/mol. The number of hydrogen-bond acceptors (Lipinski definition) is 5. The predicted octanol–water partition coefficient (Wildman–Crippen LogP) is 2.73. The molecule has 0 unspecified atom stereocenters. The number of aliphatic hydroxyl groups is 1. The smallest absolute Gasteiger partial charge is 0.355 e. The van der Waals surface area contributed by atoms with Crippen molar-refractivity contribution in [3.8, 4) is 10.6 Å². The first-order valence-electron chi connectivity index (χ1n) is 5.67. The number of carboxylic acid groups (broad SMARTS) is 1. The summed E-state index contributed by atoms with van der Waals surface area (Å²) in [6, 6.07) is 7.88. The molecule has 0 spiro atoms. The number of carboxylic acids is 1. The normalized spacial score (nSPS) is 10.6. The lowest BCUT2D eigenvalue weighted by Gasteiger charge is -2.02. The highest BCUT2D eigenvalue weighted by atomic mass is 32.2. The van der Waals surface area contributed by atoms with Crippen molar-refractivity contribution in [3.05, 3.63) is 40.9 Å². The Bertz CT molecular complexity index is 569. The van der Waals surface area contributed by atoms with Gasteiger partial charge in [0.1, 0.15) is 5.01 Å². The number of thiazole rings is 1. The zero-order valence-electron chi connectivity index (χ0n) is 10.1. The van der Waals surface area contributed by atoms with E-state index >= 15 is 0 Å². The van der Waals surface area contributed by atoms with Crippen molar-refractivity contribution < 1.29 is 15.0 Å². The summed E-state index contributed by atoms with van der Waals surface area (Å²) < 4.78 is 0. The van der Waals surface area contributed by atoms with Crippen LogP contribution in [0.4, 0.5) is 0 Å². The Labute approximate surface area is 119 Å². The minimum absolute atomic E-state index is 0.0834. The van der Waals surface area contributed by atoms with E-state index in [2.05, 4.69) is 4.98 Å². The highest BCUT2D eigenvalue weighted by Gasteiger charge is 2.10. The van der Waals surface area contributed by atoms with Gasteiger partial charge in [0.2, 0.25) is 0 Å². The van der Waals surface area contributed by atoms with Crippen LogP contribution in [0, 0.1) is 0 Å². The number of aliphatic hydroxyl groups excluding tert-OH is 1. The number of carbonyl (C=O) groups is 1. The Morgan fingerprint density at radius 2 is 2.26 bits per heavy atom. The molecular formula is C13H13NO3S2. The minimum Gasteiger partial charge on any atom is -0.476 e. The predicted molar refractivity (Wildman–Crippen MR) is 77.8 cm³/mol. The molecule has 2 rings (SSSR count). The number of aromatic carboxylic acids is 1. The topological polar surface area (TPSA) is 70.4 Å². The molecule has 0 aliphatic rings. The summed E-state index contributed by atoms with van der Waals surface area (Å²) in [4.78, 5) is 14.9. The molecule has 0 atom stereocenters. The average molecular weight is 295 g/mol. The largest absolute Gasteiger partial charge is 0.476 e. The van der Waals surface area contributed by atoms with E-state index in [1.165, 1.54) is 11.3 Å². The van der Waals surface area contributed by atoms with Crippen molar-refractivity contribution in [1.82, 2.24) is 4.98 Å². The summed E-state index contributed by atoms with van der Waals surface area (Å²) in [6.45, 7) is 0.179. The number of hydrogen-bond donors (Lipinski definition) is 2. The molecule has 0 fully saturated rings. The Hall–Kier alpha value is -1.37. The van der Waals surface area contributed by atoms with Gasteiger partial charge in [-0.25, -0.2) is 9.78 Å². The van der Waals surface area contributed by atoms with E-state index in [-0.39, 0.29) is 12.3 Å². The van der Waals surface area contributed by atoms with Gasteiger partial charge in [0.15, 0.2) is 5.69 Å². The third-order valence-corrected chi connectivity index (χ3v) is 4.30. The Kier molecular flexibility index (Phi) is 4.95. The van der Waals surface area contributed by atoms with Crippen LogP contribution in [-0.2, 0) is 5.75 Å². The van der Waals surface area contributed by atoms with Crippen molar-refractivity contribution in [2.24, 2.45) is 0 Å². The average Bonchev–Trinajstić information content (AvgIpc) is 2.89. The highest BCUT2D eigenvalue weighted by Crippen LogP contribution is 2.25. The molecule has 0 radical (unpaired) electrons. The van der Waals surface area contributed by atoms with Gasteiger partial charge in [-0.05, 0) is 11.6 Å². The first-order chi connectivity index (χ1) is 9.20. The fourth-order valence-corrected chi connectivity index (χ4v) is 3.03. The SMILES string of the molecule is O=C(O)c1csc(-c2cccc(CSCCO)c2)n1. The first-order valence-corrected chi connectivity index (χ1v) is 7.71. The van der Waals surface area contributed by atoms with Crippen molar-refractivity contribution in [2.45, 2.75) is 5.75 Å². The van der Waals surface area contributed by atoms with E-state index < -0.39 is 5.97 Å². The zero-order chi connectivity index (χ0) is 13.7. The molecule has 0 saturated heterocycles. The monoisotopic (exact) mass is 295 g/mol. The van der Waals surface area contributed by atoms with E-state index in [9.17, 15) is 4.79 Å². The van der Waals surface area contributed by atoms with Gasteiger partial charge in [-0.2, -0.15) is 11.8 Å². The Balaban J connectivity index is 2.15. The first kappa shape index (κ1) is 14.0. The van der Waals surface area contributed by atoms with E-state index in [4.69, 9.17) is 10.2 Å². The van der Waals surface area contributed by atoms with Crippen LogP contribution < -0.4 is 0 Å². The van der Waals surface area contributed by atoms with Crippen LogP contribution >= 0.6 is 23.1 Å². The standard InChI is InChI=1S/C13H13NO3S2/c15-4-5-18-7-9-2-1-3-10(6-9)12-14-11(8-19-12)13(16)17/h1-3,6,8,15H,4-5,7H2,(H,16,17). The van der Waals surface area contributed by atoms with Gasteiger partial charge in [-0.1, -0.05) is 18.2 Å². The van der Waals surface area contributed by atoms with Crippen LogP contribution in [0.15, 0.2) is 29.6 Å². The molecule has 19 heavy (non-hydrogen) atoms. The summed E-state index contributed by atoms with van der Waals surface area (Å²) in [6.07, 6.45) is 0. The number of aromatic nitrogens is 1. The third-order valence-electron chi connectivity index (χ3n) is 2.40. The van der Waals surface area contributed by atoms with Crippen molar-refractivity contribution in [2.75, 3.05) is 12.4 Å². The maximum absolute atomic E-state index is 10.8. The summed E-state index contributed by atoms with van der Waals surface area (Å²) in [5.41, 5.74) is 2.16. The van der Waals surface area contributed by atoms with E-state index in [0.717, 1.165) is 16.9 Å². The molecule has 1 heterocycles. The molecule has 1 aromatic carbocycles. The third kappa shape index (κ3) is 3.79. The van der Waals surface area contributed by atoms with Crippen LogP contribution in [0.5, 0.6) is 0 Å². The van der Waals surface area contributed by atoms with Gasteiger partial charge in [0.25, 0.3) is 0 Å². The second-order valence-electron chi connectivity index (χ2n) is 3.82. The summed E-state index contributed by atoms with van der Waals surface area (Å²) in [5.74, 6) is 0.535. The number of rotatable bonds is 6. The van der Waals surface area contributed by atoms with Gasteiger partial charge < -0.3 is 10.2 Å². The molecule has 6 heteroatoms. The molecule has 0 aliphatic carbocycles. The quantitative estimate of drug-likeness (QED) is 0.802. The molecule has 100 valence electrons. The van der Waals surface area contributed by atoms with Crippen LogP contribution in [0.25, 0.3) is 10.6 Å². The van der Waals surface area contributed by atoms with E-state index in [0.29, 0.717) is 10.8 Å². The molecule has 2 N–H and O–H groups in total. The van der Waals surface area contributed by atoms with Gasteiger partial charge in [-0.15, -0.1) is 11.3 Å². The lowest BCUT2D eigenvalue weighted by molar-refractivity contribution is 0.0691. The fraction of sp³-hybridized carbons (Fsp3) is 0.231. The molecule has 4 nitrogen and oxygen atoms in total. The van der Waals surface area contributed by atoms with E-state index in [1.54, 1.807) is 17.1 Å². The minimum atomic E-state index is -1.00. The van der Waals surface area contributed by atoms with Gasteiger partial charge in [0, 0.05) is 22.4 Å². The van der Waals surface area contributed by atoms with Crippen molar-refractivity contribution in [1.29, 1.82) is 0 Å². The van der Waals surface area contributed by atoms with Gasteiger partial charge >= 0.3 is 5.97 Å². The number of nitrogens with zero attached hydrogens (tertiary/aromatic N) is 1. The van der Waals surface area contributed by atoms with Crippen LogP contribution in [-0.4, -0.2) is 33.5 Å². The zero-order valence-corrected chi connectivity index (χ0v) is 11.7. The number of thioether (sulfide) groups is 1. The Morgan fingerprint density at radius 1 is 1.42 bits per heavy atom. The maximum Gasteiger partial charge on any atom is 0.355 e. The fourth-order valence-electron chi connectivity index (χ4n) is 1.55. The second-order valence-corrected chi connectivity index (χ2v) is 5.78. The van der Waals surface area contributed by atoms with E-state index in [1.807, 2.05) is 24.3 Å². The molecule has 0 bridgehead atoms. The number of benzene rings is 1. The summed E-state index contributed by atoms with van der Waals surface area (Å²) in [5, 5.41) is 19.9.